The second kappa shape index (κ2) is 10.5. The maximum absolute atomic E-state index is 6.59. The molecule has 0 unspecified atom stereocenters. The first-order valence-electron chi connectivity index (χ1n) is 9.62. The van der Waals surface area contributed by atoms with E-state index in [4.69, 9.17) is 4.43 Å². The summed E-state index contributed by atoms with van der Waals surface area (Å²) in [6.07, 6.45) is 11.2. The van der Waals surface area contributed by atoms with Gasteiger partial charge in [-0.2, -0.15) is 0 Å². The molecule has 0 N–H and O–H groups in total. The van der Waals surface area contributed by atoms with Gasteiger partial charge in [0.2, 0.25) is 8.32 Å². The van der Waals surface area contributed by atoms with E-state index >= 15 is 0 Å². The molecule has 2 aliphatic rings. The molecule has 3 rings (SSSR count). The molecule has 0 spiro atoms. The van der Waals surface area contributed by atoms with Crippen LogP contribution in [-0.2, 0) is 26.2 Å². The third kappa shape index (κ3) is 5.77. The Morgan fingerprint density at radius 3 is 2.24 bits per heavy atom. The minimum atomic E-state index is -1.69. The van der Waals surface area contributed by atoms with Crippen molar-refractivity contribution in [1.29, 1.82) is 0 Å². The second-order valence-electron chi connectivity index (χ2n) is 9.05. The minimum absolute atomic E-state index is 0. The van der Waals surface area contributed by atoms with Gasteiger partial charge in [-0.05, 0) is 38.2 Å². The topological polar surface area (TPSA) is 9.23 Å². The number of hydrogen-bond donors (Lipinski definition) is 0. The van der Waals surface area contributed by atoms with Crippen LogP contribution in [0.1, 0.15) is 30.0 Å². The number of rotatable bonds is 5. The zero-order chi connectivity index (χ0) is 19.3. The van der Waals surface area contributed by atoms with Gasteiger partial charge in [-0.15, -0.1) is 40.5 Å². The first-order chi connectivity index (χ1) is 12.0. The summed E-state index contributed by atoms with van der Waals surface area (Å²) in [5.74, 6) is 1.11. The fourth-order valence-electron chi connectivity index (χ4n) is 3.94. The maximum atomic E-state index is 6.59. The normalized spacial score (nSPS) is 14.9. The molecule has 1 aromatic rings. The molecular formula is C23H31Cl2OSi2Zr. The molecule has 0 fully saturated rings. The Bertz CT molecular complexity index is 878. The molecule has 0 bridgehead atoms. The van der Waals surface area contributed by atoms with E-state index < -0.39 is 16.4 Å². The van der Waals surface area contributed by atoms with Crippen LogP contribution in [0.25, 0.3) is 5.57 Å². The van der Waals surface area contributed by atoms with Gasteiger partial charge in [-0.1, -0.05) is 55.9 Å². The van der Waals surface area contributed by atoms with Crippen LogP contribution in [0.15, 0.2) is 42.0 Å². The van der Waals surface area contributed by atoms with Crippen LogP contribution in [0.2, 0.25) is 38.8 Å². The zero-order valence-corrected chi connectivity index (χ0v) is 24.6. The van der Waals surface area contributed by atoms with Gasteiger partial charge < -0.3 is 29.2 Å². The van der Waals surface area contributed by atoms with Gasteiger partial charge in [0.05, 0.1) is 13.8 Å². The molecule has 0 saturated heterocycles. The van der Waals surface area contributed by atoms with Crippen molar-refractivity contribution in [1.82, 2.24) is 0 Å². The summed E-state index contributed by atoms with van der Waals surface area (Å²) in [5.41, 5.74) is 7.46. The van der Waals surface area contributed by atoms with Crippen LogP contribution < -0.4 is 34.4 Å². The minimum Gasteiger partial charge on any atom is -1.00 e. The zero-order valence-electron chi connectivity index (χ0n) is 18.6. The number of hydrogen-bond acceptors (Lipinski definition) is 1. The van der Waals surface area contributed by atoms with Crippen LogP contribution in [-0.4, -0.2) is 16.4 Å². The van der Waals surface area contributed by atoms with Gasteiger partial charge in [-0.25, -0.2) is 0 Å². The monoisotopic (exact) mass is 539 g/mol. The van der Waals surface area contributed by atoms with Crippen LogP contribution in [0.4, 0.5) is 0 Å². The molecule has 0 atom stereocenters. The number of halogens is 2. The van der Waals surface area contributed by atoms with Gasteiger partial charge in [0.25, 0.3) is 0 Å². The largest absolute Gasteiger partial charge is 3.00 e. The summed E-state index contributed by atoms with van der Waals surface area (Å²) in [6, 6.07) is 3.46. The third-order valence-electron chi connectivity index (χ3n) is 5.47. The molecule has 6 heteroatoms. The Kier molecular flexibility index (Phi) is 10.4. The molecule has 1 radical (unpaired) electrons. The van der Waals surface area contributed by atoms with Crippen molar-refractivity contribution in [2.45, 2.75) is 59.0 Å². The number of benzene rings is 1. The predicted molar refractivity (Wildman–Crippen MR) is 119 cm³/mol. The molecule has 1 nitrogen and oxygen atoms in total. The van der Waals surface area contributed by atoms with E-state index in [0.29, 0.717) is 0 Å². The quantitative estimate of drug-likeness (QED) is 0.381. The van der Waals surface area contributed by atoms with E-state index in [2.05, 4.69) is 83.5 Å². The van der Waals surface area contributed by atoms with E-state index in [1.807, 2.05) is 0 Å². The number of allylic oxidation sites excluding steroid dienone is 6. The van der Waals surface area contributed by atoms with E-state index in [1.165, 1.54) is 33.5 Å². The van der Waals surface area contributed by atoms with Crippen LogP contribution in [0.5, 0.6) is 5.75 Å². The van der Waals surface area contributed by atoms with E-state index in [-0.39, 0.29) is 51.0 Å². The van der Waals surface area contributed by atoms with Gasteiger partial charge >= 0.3 is 26.2 Å². The van der Waals surface area contributed by atoms with Gasteiger partial charge in [-0.3, -0.25) is 0 Å². The van der Waals surface area contributed by atoms with Crippen molar-refractivity contribution in [2.24, 2.45) is 0 Å². The molecule has 2 aliphatic carbocycles. The second-order valence-corrected chi connectivity index (χ2v) is 18.5. The first-order valence-corrected chi connectivity index (χ1v) is 16.2. The summed E-state index contributed by atoms with van der Waals surface area (Å²) in [6.45, 7) is 20.7. The van der Waals surface area contributed by atoms with E-state index in [0.717, 1.165) is 23.3 Å². The average molecular weight is 542 g/mol. The molecule has 0 aliphatic heterocycles. The summed E-state index contributed by atoms with van der Waals surface area (Å²) in [5, 5.41) is 1.48. The van der Waals surface area contributed by atoms with Crippen molar-refractivity contribution in [2.75, 3.05) is 0 Å². The molecule has 1 aromatic carbocycles. The Labute approximate surface area is 210 Å². The number of fused-ring (bicyclic) bond motifs is 1. The van der Waals surface area contributed by atoms with Crippen molar-refractivity contribution in [3.8, 4) is 5.75 Å². The van der Waals surface area contributed by atoms with E-state index in [9.17, 15) is 0 Å². The molecule has 0 saturated carbocycles. The third-order valence-corrected chi connectivity index (χ3v) is 10.0. The van der Waals surface area contributed by atoms with Crippen LogP contribution >= 0.6 is 0 Å². The Balaban J connectivity index is 0.00000261. The van der Waals surface area contributed by atoms with Crippen LogP contribution in [0.3, 0.4) is 0 Å². The van der Waals surface area contributed by atoms with Crippen molar-refractivity contribution in [3.63, 3.8) is 0 Å². The van der Waals surface area contributed by atoms with Gasteiger partial charge in [0.1, 0.15) is 0 Å². The van der Waals surface area contributed by atoms with Crippen molar-refractivity contribution in [3.05, 3.63) is 64.8 Å². The van der Waals surface area contributed by atoms with Crippen molar-refractivity contribution < 1.29 is 55.4 Å². The summed E-state index contributed by atoms with van der Waals surface area (Å²) < 4.78 is 6.59. The smallest absolute Gasteiger partial charge is 1.00 e. The SMILES string of the molecule is C=C1C(C2=CC=CC2)=[C-]c2cc(O[Si](C)(C)C)c([Si](C)(C)CC)c(C)c21.[Cl-].[Cl-].[Zr+3]. The fraction of sp³-hybridized carbons (Fsp3) is 0.391. The van der Waals surface area contributed by atoms with Crippen molar-refractivity contribution >= 4 is 27.2 Å². The Morgan fingerprint density at radius 1 is 1.14 bits per heavy atom. The fourth-order valence-corrected chi connectivity index (χ4v) is 7.15. The molecule has 155 valence electrons. The standard InChI is InChI=1S/C23H31OSi2.2ClH.Zr/c1-9-26(7,8)23-17(3)22-16(2)20(18-12-10-11-13-18)14-19(22)15-21(23)24-25(4,5)6;;;/h10-12,15H,2,9,13H2,1,3-8H3;2*1H;/q-1;;;+3/p-2. The van der Waals surface area contributed by atoms with Crippen LogP contribution in [0, 0.1) is 13.0 Å². The summed E-state index contributed by atoms with van der Waals surface area (Å²) >= 11 is 0. The molecule has 0 aromatic heterocycles. The maximum Gasteiger partial charge on any atom is 3.00 e. The van der Waals surface area contributed by atoms with Gasteiger partial charge in [0.15, 0.2) is 0 Å². The molecule has 0 amide bonds. The molecule has 0 heterocycles. The Hall–Kier alpha value is -0.123. The van der Waals surface area contributed by atoms with Gasteiger partial charge in [0, 0.05) is 0 Å². The average Bonchev–Trinajstić information content (AvgIpc) is 3.13. The molecule has 29 heavy (non-hydrogen) atoms. The predicted octanol–water partition coefficient (Wildman–Crippen LogP) is 0.140. The summed E-state index contributed by atoms with van der Waals surface area (Å²) in [7, 11) is -3.27. The first kappa shape index (κ1) is 28.9. The molecular weight excluding hydrogens is 511 g/mol. The summed E-state index contributed by atoms with van der Waals surface area (Å²) in [4.78, 5) is 0. The Morgan fingerprint density at radius 2 is 1.76 bits per heavy atom. The van der Waals surface area contributed by atoms with E-state index in [1.54, 1.807) is 0 Å².